The lowest BCUT2D eigenvalue weighted by Crippen LogP contribution is -2.34. The van der Waals surface area contributed by atoms with Gasteiger partial charge in [-0.2, -0.15) is 0 Å². The van der Waals surface area contributed by atoms with Crippen LogP contribution in [0.2, 0.25) is 0 Å². The van der Waals surface area contributed by atoms with Crippen molar-refractivity contribution in [2.75, 3.05) is 49.3 Å². The number of rotatable bonds is 22. The van der Waals surface area contributed by atoms with E-state index in [0.717, 1.165) is 110 Å². The maximum atomic E-state index is 14.4. The van der Waals surface area contributed by atoms with Gasteiger partial charge in [-0.3, -0.25) is 9.59 Å². The molecule has 7 rings (SSSR count). The summed E-state index contributed by atoms with van der Waals surface area (Å²) in [6.07, 6.45) is 8.73. The van der Waals surface area contributed by atoms with Crippen molar-refractivity contribution in [3.63, 3.8) is 0 Å². The minimum atomic E-state index is -0.0563. The molecule has 0 saturated carbocycles. The molecule has 2 saturated heterocycles. The predicted molar refractivity (Wildman–Crippen MR) is 232 cm³/mol. The van der Waals surface area contributed by atoms with Crippen LogP contribution in [0, 0.1) is 0 Å². The highest BCUT2D eigenvalue weighted by Crippen LogP contribution is 2.30. The van der Waals surface area contributed by atoms with Gasteiger partial charge in [-0.1, -0.05) is 107 Å². The summed E-state index contributed by atoms with van der Waals surface area (Å²) in [5.74, 6) is 1.52. The normalized spacial score (nSPS) is 15.4. The quantitative estimate of drug-likeness (QED) is 0.0514. The first-order chi connectivity index (χ1) is 28.5. The van der Waals surface area contributed by atoms with Gasteiger partial charge in [0, 0.05) is 35.6 Å². The van der Waals surface area contributed by atoms with Crippen molar-refractivity contribution in [2.24, 2.45) is 0 Å². The lowest BCUT2D eigenvalue weighted by molar-refractivity contribution is 0.0980. The largest absolute Gasteiger partial charge is 0.491 e. The van der Waals surface area contributed by atoms with Crippen LogP contribution in [0.4, 0.5) is 11.4 Å². The predicted octanol–water partition coefficient (Wildman–Crippen LogP) is 11.0. The third-order valence-electron chi connectivity index (χ3n) is 10.7. The smallest absolute Gasteiger partial charge is 0.258 e. The first kappa shape index (κ1) is 40.7. The molecule has 58 heavy (non-hydrogen) atoms. The summed E-state index contributed by atoms with van der Waals surface area (Å²) >= 11 is 0. The fraction of sp³-hybridized carbons (Fsp3) is 0.360. The van der Waals surface area contributed by atoms with E-state index in [2.05, 4.69) is 13.8 Å². The minimum absolute atomic E-state index is 0.0563. The van der Waals surface area contributed by atoms with E-state index in [9.17, 15) is 9.59 Å². The lowest BCUT2D eigenvalue weighted by Gasteiger charge is -2.27. The van der Waals surface area contributed by atoms with Gasteiger partial charge in [-0.15, -0.1) is 0 Å². The first-order valence-corrected chi connectivity index (χ1v) is 21.1. The van der Waals surface area contributed by atoms with Crippen LogP contribution in [-0.2, 0) is 9.47 Å². The Balaban J connectivity index is 1.08. The number of nitrogens with zero attached hydrogens (tertiary/aromatic N) is 2. The van der Waals surface area contributed by atoms with Crippen LogP contribution in [0.5, 0.6) is 11.5 Å². The van der Waals surface area contributed by atoms with Crippen molar-refractivity contribution in [3.8, 4) is 33.8 Å². The molecule has 0 radical (unpaired) electrons. The minimum Gasteiger partial charge on any atom is -0.491 e. The average molecular weight is 781 g/mol. The molecule has 0 aromatic heterocycles. The Hall–Kier alpha value is -5.44. The second kappa shape index (κ2) is 20.3. The van der Waals surface area contributed by atoms with Gasteiger partial charge in [0.15, 0.2) is 0 Å². The highest BCUT2D eigenvalue weighted by atomic mass is 16.6. The van der Waals surface area contributed by atoms with Crippen LogP contribution >= 0.6 is 0 Å². The fourth-order valence-electron chi connectivity index (χ4n) is 7.03. The zero-order valence-electron chi connectivity index (χ0n) is 33.9. The van der Waals surface area contributed by atoms with E-state index in [4.69, 9.17) is 18.9 Å². The molecule has 0 bridgehead atoms. The molecule has 5 aromatic rings. The average Bonchev–Trinajstić information content (AvgIpc) is 4.22. The number of benzene rings is 5. The van der Waals surface area contributed by atoms with Crippen LogP contribution < -0.4 is 19.3 Å². The molecular formula is C50H56N2O6. The van der Waals surface area contributed by atoms with Gasteiger partial charge in [0.2, 0.25) is 0 Å². The Morgan fingerprint density at radius 3 is 1.22 bits per heavy atom. The van der Waals surface area contributed by atoms with Gasteiger partial charge in [0.25, 0.3) is 11.8 Å². The number of anilines is 2. The zero-order valence-corrected chi connectivity index (χ0v) is 33.9. The van der Waals surface area contributed by atoms with E-state index in [-0.39, 0.29) is 24.0 Å². The summed E-state index contributed by atoms with van der Waals surface area (Å²) in [6, 6.07) is 39.6. The van der Waals surface area contributed by atoms with Crippen LogP contribution in [0.15, 0.2) is 121 Å². The number of amides is 2. The third-order valence-corrected chi connectivity index (χ3v) is 10.7. The van der Waals surface area contributed by atoms with Gasteiger partial charge in [-0.05, 0) is 102 Å². The summed E-state index contributed by atoms with van der Waals surface area (Å²) < 4.78 is 22.1. The molecule has 8 nitrogen and oxygen atoms in total. The number of hydrogen-bond donors (Lipinski definition) is 0. The number of unbranched alkanes of at least 4 members (excludes halogenated alkanes) is 6. The molecule has 5 aromatic carbocycles. The summed E-state index contributed by atoms with van der Waals surface area (Å²) in [6.45, 7) is 8.23. The van der Waals surface area contributed by atoms with Crippen molar-refractivity contribution in [1.82, 2.24) is 0 Å². The topological polar surface area (TPSA) is 84.1 Å². The van der Waals surface area contributed by atoms with E-state index < -0.39 is 0 Å². The van der Waals surface area contributed by atoms with Gasteiger partial charge < -0.3 is 28.7 Å². The van der Waals surface area contributed by atoms with Crippen molar-refractivity contribution < 1.29 is 28.5 Å². The summed E-state index contributed by atoms with van der Waals surface area (Å²) in [7, 11) is 0. The number of hydrogen-bond acceptors (Lipinski definition) is 6. The molecule has 2 amide bonds. The van der Waals surface area contributed by atoms with E-state index in [0.29, 0.717) is 37.4 Å². The highest BCUT2D eigenvalue weighted by molar-refractivity contribution is 6.08. The molecule has 2 atom stereocenters. The Kier molecular flexibility index (Phi) is 14.3. The number of carbonyl (C=O) groups is 2. The Morgan fingerprint density at radius 1 is 0.517 bits per heavy atom. The molecule has 302 valence electrons. The van der Waals surface area contributed by atoms with Crippen molar-refractivity contribution in [3.05, 3.63) is 132 Å². The summed E-state index contributed by atoms with van der Waals surface area (Å²) in [4.78, 5) is 32.5. The maximum absolute atomic E-state index is 14.4. The number of ether oxygens (including phenoxy) is 4. The van der Waals surface area contributed by atoms with Crippen LogP contribution in [0.1, 0.15) is 85.9 Å². The van der Waals surface area contributed by atoms with Crippen LogP contribution in [-0.4, -0.2) is 63.5 Å². The van der Waals surface area contributed by atoms with Gasteiger partial charge in [0.05, 0.1) is 13.2 Å². The number of epoxide rings is 2. The summed E-state index contributed by atoms with van der Waals surface area (Å²) in [5.41, 5.74) is 6.97. The maximum Gasteiger partial charge on any atom is 0.258 e. The molecule has 2 heterocycles. The third kappa shape index (κ3) is 11.4. The van der Waals surface area contributed by atoms with E-state index in [1.807, 2.05) is 131 Å². The molecule has 2 aliphatic heterocycles. The Bertz CT molecular complexity index is 1910. The van der Waals surface area contributed by atoms with Crippen molar-refractivity contribution in [2.45, 2.75) is 77.4 Å². The van der Waals surface area contributed by atoms with Crippen LogP contribution in [0.25, 0.3) is 22.3 Å². The Morgan fingerprint density at radius 2 is 0.879 bits per heavy atom. The molecule has 2 aliphatic rings. The molecule has 0 aliphatic carbocycles. The monoisotopic (exact) mass is 780 g/mol. The molecule has 0 spiro atoms. The second-order valence-electron chi connectivity index (χ2n) is 15.3. The second-order valence-corrected chi connectivity index (χ2v) is 15.3. The molecular weight excluding hydrogens is 725 g/mol. The first-order valence-electron chi connectivity index (χ1n) is 21.1. The molecule has 8 heteroatoms. The molecule has 0 N–H and O–H groups in total. The van der Waals surface area contributed by atoms with Gasteiger partial charge in [0.1, 0.15) is 36.9 Å². The number of carbonyl (C=O) groups excluding carboxylic acids is 2. The highest BCUT2D eigenvalue weighted by Gasteiger charge is 2.25. The van der Waals surface area contributed by atoms with Gasteiger partial charge >= 0.3 is 0 Å². The molecule has 2 fully saturated rings. The summed E-state index contributed by atoms with van der Waals surface area (Å²) in [5, 5.41) is 0. The lowest BCUT2D eigenvalue weighted by atomic mass is 10.0. The van der Waals surface area contributed by atoms with E-state index in [1.54, 1.807) is 0 Å². The SMILES string of the molecule is CCCCCCN(C(=O)c1ccc(-c2ccc(OCC3CO3)cc2)cc1)c1cccc(N(CCCCCC)C(=O)c2ccc(-c3ccc(OCC4CO4)cc3)cc2)c1. The van der Waals surface area contributed by atoms with E-state index >= 15 is 0 Å². The fourth-order valence-corrected chi connectivity index (χ4v) is 7.03. The van der Waals surface area contributed by atoms with Crippen LogP contribution in [0.3, 0.4) is 0 Å². The Labute approximate surface area is 343 Å². The van der Waals surface area contributed by atoms with Crippen molar-refractivity contribution >= 4 is 23.2 Å². The zero-order chi connectivity index (χ0) is 40.1. The van der Waals surface area contributed by atoms with E-state index in [1.165, 1.54) is 0 Å². The molecule has 2 unspecified atom stereocenters. The van der Waals surface area contributed by atoms with Crippen molar-refractivity contribution in [1.29, 1.82) is 0 Å². The standard InChI is InChI=1S/C50H56N2O6/c1-3-5-7-9-30-51(49(53)41-18-14-37(15-19-41)39-22-26-45(27-23-39)55-33-47-35-57-47)43-12-11-13-44(32-43)52(31-10-8-6-4-2)50(54)42-20-16-38(17-21-42)40-24-28-46(29-25-40)56-34-48-36-58-48/h11-29,32,47-48H,3-10,30-31,33-36H2,1-2H3. The van der Waals surface area contributed by atoms with Gasteiger partial charge in [-0.25, -0.2) is 0 Å².